The molecule has 2 rings (SSSR count). The molecular weight excluding hydrogens is 228 g/mol. The lowest BCUT2D eigenvalue weighted by atomic mass is 10.1. The predicted octanol–water partition coefficient (Wildman–Crippen LogP) is 2.30. The third-order valence-electron chi connectivity index (χ3n) is 2.75. The van der Waals surface area contributed by atoms with E-state index in [9.17, 15) is 8.42 Å². The molecule has 0 radical (unpaired) electrons. The second kappa shape index (κ2) is 3.75. The Labute approximate surface area is 95.3 Å². The fraction of sp³-hybridized carbons (Fsp3) is 0.455. The summed E-state index contributed by atoms with van der Waals surface area (Å²) in [6.07, 6.45) is 0.966. The third-order valence-corrected chi connectivity index (χ3v) is 4.15. The Morgan fingerprint density at radius 1 is 1.19 bits per heavy atom. The topological polar surface area (TPSA) is 52.6 Å². The minimum atomic E-state index is -3.70. The minimum Gasteiger partial charge on any atom is -0.460 e. The van der Waals surface area contributed by atoms with Gasteiger partial charge in [-0.1, -0.05) is 26.0 Å². The predicted molar refractivity (Wildman–Crippen MR) is 58.7 cm³/mol. The van der Waals surface area contributed by atoms with Crippen LogP contribution in [0.1, 0.15) is 26.7 Å². The van der Waals surface area contributed by atoms with Crippen molar-refractivity contribution in [3.8, 4) is 5.75 Å². The summed E-state index contributed by atoms with van der Waals surface area (Å²) >= 11 is 0. The van der Waals surface area contributed by atoms with E-state index < -0.39 is 15.9 Å². The number of hydrogen-bond acceptors (Lipinski definition) is 4. The molecular formula is C11H14O4S. The van der Waals surface area contributed by atoms with Crippen molar-refractivity contribution in [1.82, 2.24) is 0 Å². The maximum absolute atomic E-state index is 11.9. The minimum absolute atomic E-state index is 0.104. The Bertz CT molecular complexity index is 488. The highest BCUT2D eigenvalue weighted by Crippen LogP contribution is 2.39. The quantitative estimate of drug-likeness (QED) is 0.747. The van der Waals surface area contributed by atoms with Gasteiger partial charge in [0.25, 0.3) is 0 Å². The van der Waals surface area contributed by atoms with Crippen LogP contribution in [0.4, 0.5) is 0 Å². The lowest BCUT2D eigenvalue weighted by molar-refractivity contribution is -0.124. The van der Waals surface area contributed by atoms with Crippen molar-refractivity contribution in [2.75, 3.05) is 0 Å². The average Bonchev–Trinajstić information content (AvgIpc) is 2.28. The van der Waals surface area contributed by atoms with E-state index in [0.29, 0.717) is 18.6 Å². The molecule has 0 saturated carbocycles. The van der Waals surface area contributed by atoms with Crippen LogP contribution < -0.4 is 4.74 Å². The van der Waals surface area contributed by atoms with E-state index in [1.807, 2.05) is 13.8 Å². The number of benzene rings is 1. The Kier molecular flexibility index (Phi) is 2.67. The SMILES string of the molecule is CCC1(CC)Oc2ccccc2S(=O)(=O)O1. The molecule has 4 nitrogen and oxygen atoms in total. The molecule has 1 aliphatic heterocycles. The number of hydrogen-bond donors (Lipinski definition) is 0. The van der Waals surface area contributed by atoms with Crippen LogP contribution in [0.5, 0.6) is 5.75 Å². The molecule has 5 heteroatoms. The molecule has 0 unspecified atom stereocenters. The van der Waals surface area contributed by atoms with E-state index in [1.54, 1.807) is 18.2 Å². The molecule has 0 aromatic heterocycles. The summed E-state index contributed by atoms with van der Waals surface area (Å²) in [6, 6.07) is 6.53. The Balaban J connectivity index is 2.56. The van der Waals surface area contributed by atoms with Crippen LogP contribution >= 0.6 is 0 Å². The van der Waals surface area contributed by atoms with E-state index in [1.165, 1.54) is 6.07 Å². The van der Waals surface area contributed by atoms with Gasteiger partial charge in [0, 0.05) is 12.8 Å². The Morgan fingerprint density at radius 3 is 2.44 bits per heavy atom. The van der Waals surface area contributed by atoms with Crippen molar-refractivity contribution >= 4 is 10.1 Å². The fourth-order valence-electron chi connectivity index (χ4n) is 1.72. The third kappa shape index (κ3) is 1.70. The van der Waals surface area contributed by atoms with Crippen molar-refractivity contribution in [3.63, 3.8) is 0 Å². The van der Waals surface area contributed by atoms with Gasteiger partial charge in [-0.25, -0.2) is 4.18 Å². The van der Waals surface area contributed by atoms with Crippen molar-refractivity contribution in [2.45, 2.75) is 37.4 Å². The molecule has 0 fully saturated rings. The summed E-state index contributed by atoms with van der Waals surface area (Å²) in [7, 11) is -3.70. The molecule has 1 aliphatic rings. The van der Waals surface area contributed by atoms with Crippen molar-refractivity contribution in [3.05, 3.63) is 24.3 Å². The highest BCUT2D eigenvalue weighted by Gasteiger charge is 2.42. The molecule has 16 heavy (non-hydrogen) atoms. The van der Waals surface area contributed by atoms with Gasteiger partial charge in [-0.15, -0.1) is 0 Å². The maximum atomic E-state index is 11.9. The number of para-hydroxylation sites is 1. The lowest BCUT2D eigenvalue weighted by Crippen LogP contribution is -2.43. The van der Waals surface area contributed by atoms with Crippen molar-refractivity contribution < 1.29 is 17.3 Å². The maximum Gasteiger partial charge on any atom is 0.304 e. The smallest absolute Gasteiger partial charge is 0.304 e. The number of rotatable bonds is 2. The number of fused-ring (bicyclic) bond motifs is 1. The first-order valence-corrected chi connectivity index (χ1v) is 6.67. The summed E-state index contributed by atoms with van der Waals surface area (Å²) in [4.78, 5) is 0.104. The van der Waals surface area contributed by atoms with E-state index in [0.717, 1.165) is 0 Å². The molecule has 0 spiro atoms. The van der Waals surface area contributed by atoms with Gasteiger partial charge in [0.1, 0.15) is 10.6 Å². The van der Waals surface area contributed by atoms with Gasteiger partial charge >= 0.3 is 10.1 Å². The van der Waals surface area contributed by atoms with Crippen LogP contribution in [0.25, 0.3) is 0 Å². The van der Waals surface area contributed by atoms with Crippen LogP contribution in [0.3, 0.4) is 0 Å². The highest BCUT2D eigenvalue weighted by molar-refractivity contribution is 7.87. The average molecular weight is 242 g/mol. The molecule has 1 aromatic rings. The van der Waals surface area contributed by atoms with Crippen LogP contribution in [0, 0.1) is 0 Å². The van der Waals surface area contributed by atoms with E-state index >= 15 is 0 Å². The molecule has 0 amide bonds. The van der Waals surface area contributed by atoms with Gasteiger partial charge in [0.2, 0.25) is 5.79 Å². The zero-order valence-corrected chi connectivity index (χ0v) is 10.1. The lowest BCUT2D eigenvalue weighted by Gasteiger charge is -2.35. The zero-order chi connectivity index (χ0) is 11.8. The van der Waals surface area contributed by atoms with Gasteiger partial charge < -0.3 is 4.74 Å². The van der Waals surface area contributed by atoms with Gasteiger partial charge in [-0.2, -0.15) is 8.42 Å². The molecule has 1 heterocycles. The molecule has 0 bridgehead atoms. The Morgan fingerprint density at radius 2 is 1.81 bits per heavy atom. The van der Waals surface area contributed by atoms with Gasteiger partial charge in [-0.05, 0) is 12.1 Å². The van der Waals surface area contributed by atoms with Crippen LogP contribution in [0.15, 0.2) is 29.2 Å². The van der Waals surface area contributed by atoms with Gasteiger partial charge in [-0.3, -0.25) is 0 Å². The summed E-state index contributed by atoms with van der Waals surface area (Å²) < 4.78 is 34.6. The van der Waals surface area contributed by atoms with Crippen LogP contribution in [-0.2, 0) is 14.3 Å². The first kappa shape index (κ1) is 11.4. The zero-order valence-electron chi connectivity index (χ0n) is 9.26. The van der Waals surface area contributed by atoms with E-state index in [2.05, 4.69) is 0 Å². The van der Waals surface area contributed by atoms with E-state index in [-0.39, 0.29) is 4.90 Å². The molecule has 88 valence electrons. The van der Waals surface area contributed by atoms with Crippen LogP contribution in [0.2, 0.25) is 0 Å². The largest absolute Gasteiger partial charge is 0.460 e. The monoisotopic (exact) mass is 242 g/mol. The summed E-state index contributed by atoms with van der Waals surface area (Å²) in [5.74, 6) is -0.676. The van der Waals surface area contributed by atoms with Gasteiger partial charge in [0.15, 0.2) is 0 Å². The number of ether oxygens (including phenoxy) is 1. The second-order valence-electron chi connectivity index (χ2n) is 3.70. The first-order valence-electron chi connectivity index (χ1n) is 5.27. The first-order chi connectivity index (χ1) is 7.53. The van der Waals surface area contributed by atoms with Gasteiger partial charge in [0.05, 0.1) is 0 Å². The van der Waals surface area contributed by atoms with Crippen LogP contribution in [-0.4, -0.2) is 14.2 Å². The molecule has 0 N–H and O–H groups in total. The Hall–Kier alpha value is -1.07. The van der Waals surface area contributed by atoms with Crippen molar-refractivity contribution in [1.29, 1.82) is 0 Å². The molecule has 1 aromatic carbocycles. The normalized spacial score (nSPS) is 20.9. The standard InChI is InChI=1S/C11H14O4S/c1-3-11(4-2)14-9-7-5-6-8-10(9)16(12,13)15-11/h5-8H,3-4H2,1-2H3. The summed E-state index contributed by atoms with van der Waals surface area (Å²) in [6.45, 7) is 3.68. The summed E-state index contributed by atoms with van der Waals surface area (Å²) in [5.41, 5.74) is 0. The van der Waals surface area contributed by atoms with Crippen molar-refractivity contribution in [2.24, 2.45) is 0 Å². The molecule has 0 saturated heterocycles. The fourth-order valence-corrected chi connectivity index (χ4v) is 3.08. The molecule has 0 atom stereocenters. The highest BCUT2D eigenvalue weighted by atomic mass is 32.2. The summed E-state index contributed by atoms with van der Waals surface area (Å²) in [5, 5.41) is 0. The second-order valence-corrected chi connectivity index (χ2v) is 5.22. The molecule has 0 aliphatic carbocycles. The van der Waals surface area contributed by atoms with E-state index in [4.69, 9.17) is 8.92 Å².